The van der Waals surface area contributed by atoms with Crippen molar-refractivity contribution in [3.63, 3.8) is 0 Å². The summed E-state index contributed by atoms with van der Waals surface area (Å²) in [5.41, 5.74) is 0.731. The van der Waals surface area contributed by atoms with E-state index in [2.05, 4.69) is 0 Å². The van der Waals surface area contributed by atoms with Crippen LogP contribution in [0.5, 0.6) is 0 Å². The van der Waals surface area contributed by atoms with Gasteiger partial charge in [-0.1, -0.05) is 56.0 Å². The number of rotatable bonds is 4. The summed E-state index contributed by atoms with van der Waals surface area (Å²) in [7, 11) is 0. The van der Waals surface area contributed by atoms with Gasteiger partial charge in [0, 0.05) is 0 Å². The molecule has 1 fully saturated rings. The van der Waals surface area contributed by atoms with E-state index in [1.54, 1.807) is 0 Å². The highest BCUT2D eigenvalue weighted by molar-refractivity contribution is 5.74. The molecule has 1 saturated carbocycles. The molecule has 2 rings (SSSR count). The topological polar surface area (TPSA) is 46.5 Å². The van der Waals surface area contributed by atoms with E-state index in [1.807, 2.05) is 30.3 Å². The molecule has 1 aromatic carbocycles. The Morgan fingerprint density at radius 3 is 2.28 bits per heavy atom. The average Bonchev–Trinajstić information content (AvgIpc) is 2.65. The van der Waals surface area contributed by atoms with Crippen LogP contribution in [0.3, 0.4) is 0 Å². The van der Waals surface area contributed by atoms with Crippen LogP contribution in [0.4, 0.5) is 0 Å². The number of carboxylic acids is 1. The Labute approximate surface area is 108 Å². The molecule has 18 heavy (non-hydrogen) atoms. The summed E-state index contributed by atoms with van der Waals surface area (Å²) in [5.74, 6) is -0.898. The van der Waals surface area contributed by atoms with Crippen molar-refractivity contribution in [1.82, 2.24) is 0 Å². The summed E-state index contributed by atoms with van der Waals surface area (Å²) in [6.45, 7) is 0. The van der Waals surface area contributed by atoms with Crippen LogP contribution in [0.25, 0.3) is 0 Å². The minimum Gasteiger partial charge on any atom is -0.479 e. The molecule has 0 amide bonds. The summed E-state index contributed by atoms with van der Waals surface area (Å²) >= 11 is 0. The first-order valence-corrected chi connectivity index (χ1v) is 6.70. The maximum absolute atomic E-state index is 11.3. The zero-order valence-corrected chi connectivity index (χ0v) is 10.5. The predicted octanol–water partition coefficient (Wildman–Crippen LogP) is 3.55. The molecule has 3 nitrogen and oxygen atoms in total. The molecule has 1 atom stereocenters. The molecular formula is C15H20O3. The summed E-state index contributed by atoms with van der Waals surface area (Å²) in [6.07, 6.45) is 6.00. The van der Waals surface area contributed by atoms with E-state index in [0.717, 1.165) is 31.2 Å². The third-order valence-corrected chi connectivity index (χ3v) is 3.46. The van der Waals surface area contributed by atoms with Crippen LogP contribution in [0.2, 0.25) is 0 Å². The van der Waals surface area contributed by atoms with Gasteiger partial charge in [0.25, 0.3) is 0 Å². The van der Waals surface area contributed by atoms with Crippen molar-refractivity contribution >= 4 is 5.97 Å². The number of carbonyl (C=O) groups is 1. The highest BCUT2D eigenvalue weighted by Gasteiger charge is 2.25. The Hall–Kier alpha value is -1.35. The smallest absolute Gasteiger partial charge is 0.337 e. The number of aliphatic carboxylic acids is 1. The molecule has 0 radical (unpaired) electrons. The first-order valence-electron chi connectivity index (χ1n) is 6.70. The molecule has 98 valence electrons. The van der Waals surface area contributed by atoms with Crippen molar-refractivity contribution in [2.45, 2.75) is 50.7 Å². The van der Waals surface area contributed by atoms with E-state index in [-0.39, 0.29) is 6.10 Å². The Kier molecular flexibility index (Phi) is 4.76. The summed E-state index contributed by atoms with van der Waals surface area (Å²) in [4.78, 5) is 11.3. The van der Waals surface area contributed by atoms with Crippen molar-refractivity contribution in [3.8, 4) is 0 Å². The molecule has 1 aliphatic carbocycles. The number of hydrogen-bond acceptors (Lipinski definition) is 2. The normalized spacial score (nSPS) is 19.1. The van der Waals surface area contributed by atoms with E-state index < -0.39 is 12.1 Å². The van der Waals surface area contributed by atoms with Crippen LogP contribution in [0.1, 0.15) is 50.2 Å². The van der Waals surface area contributed by atoms with E-state index in [9.17, 15) is 9.90 Å². The SMILES string of the molecule is O=C(O)C(OC1CCCCCC1)c1ccccc1. The second kappa shape index (κ2) is 6.55. The lowest BCUT2D eigenvalue weighted by Crippen LogP contribution is -2.22. The number of benzene rings is 1. The molecule has 1 N–H and O–H groups in total. The van der Waals surface area contributed by atoms with Crippen molar-refractivity contribution in [2.75, 3.05) is 0 Å². The highest BCUT2D eigenvalue weighted by Crippen LogP contribution is 2.26. The molecular weight excluding hydrogens is 228 g/mol. The minimum atomic E-state index is -0.898. The van der Waals surface area contributed by atoms with Crippen molar-refractivity contribution < 1.29 is 14.6 Å². The molecule has 0 spiro atoms. The van der Waals surface area contributed by atoms with Gasteiger partial charge in [0.2, 0.25) is 0 Å². The van der Waals surface area contributed by atoms with Gasteiger partial charge < -0.3 is 9.84 Å². The standard InChI is InChI=1S/C15H20O3/c16-15(17)14(12-8-4-3-5-9-12)18-13-10-6-1-2-7-11-13/h3-5,8-9,13-14H,1-2,6-7,10-11H2,(H,16,17). The summed E-state index contributed by atoms with van der Waals surface area (Å²) in [5, 5.41) is 9.30. The monoisotopic (exact) mass is 248 g/mol. The Morgan fingerprint density at radius 2 is 1.72 bits per heavy atom. The average molecular weight is 248 g/mol. The van der Waals surface area contributed by atoms with Crippen LogP contribution in [-0.4, -0.2) is 17.2 Å². The molecule has 3 heteroatoms. The fourth-order valence-electron chi connectivity index (χ4n) is 2.48. The van der Waals surface area contributed by atoms with Gasteiger partial charge in [-0.15, -0.1) is 0 Å². The van der Waals surface area contributed by atoms with Gasteiger partial charge in [-0.05, 0) is 18.4 Å². The van der Waals surface area contributed by atoms with E-state index in [1.165, 1.54) is 12.8 Å². The third-order valence-electron chi connectivity index (χ3n) is 3.46. The van der Waals surface area contributed by atoms with Crippen LogP contribution >= 0.6 is 0 Å². The lowest BCUT2D eigenvalue weighted by Gasteiger charge is -2.21. The lowest BCUT2D eigenvalue weighted by atomic mass is 10.1. The lowest BCUT2D eigenvalue weighted by molar-refractivity contribution is -0.155. The van der Waals surface area contributed by atoms with Crippen LogP contribution in [-0.2, 0) is 9.53 Å². The van der Waals surface area contributed by atoms with Crippen LogP contribution < -0.4 is 0 Å². The van der Waals surface area contributed by atoms with Gasteiger partial charge in [0.05, 0.1) is 6.10 Å². The largest absolute Gasteiger partial charge is 0.479 e. The fraction of sp³-hybridized carbons (Fsp3) is 0.533. The maximum Gasteiger partial charge on any atom is 0.337 e. The van der Waals surface area contributed by atoms with Gasteiger partial charge in [0.15, 0.2) is 6.10 Å². The minimum absolute atomic E-state index is 0.0915. The van der Waals surface area contributed by atoms with Crippen LogP contribution in [0.15, 0.2) is 30.3 Å². The van der Waals surface area contributed by atoms with Gasteiger partial charge >= 0.3 is 5.97 Å². The fourth-order valence-corrected chi connectivity index (χ4v) is 2.48. The highest BCUT2D eigenvalue weighted by atomic mass is 16.5. The third kappa shape index (κ3) is 3.57. The molecule has 1 aliphatic rings. The molecule has 1 aromatic rings. The van der Waals surface area contributed by atoms with E-state index in [4.69, 9.17) is 4.74 Å². The second-order valence-corrected chi connectivity index (χ2v) is 4.88. The van der Waals surface area contributed by atoms with Crippen LogP contribution in [0, 0.1) is 0 Å². The Bertz CT molecular complexity index is 367. The first kappa shape index (κ1) is 13.1. The number of hydrogen-bond donors (Lipinski definition) is 1. The number of ether oxygens (including phenoxy) is 1. The molecule has 0 aromatic heterocycles. The molecule has 0 aliphatic heterocycles. The molecule has 0 heterocycles. The summed E-state index contributed by atoms with van der Waals surface area (Å²) in [6, 6.07) is 9.21. The first-order chi connectivity index (χ1) is 8.77. The Balaban J connectivity index is 2.04. The predicted molar refractivity (Wildman–Crippen MR) is 69.4 cm³/mol. The van der Waals surface area contributed by atoms with Crippen molar-refractivity contribution in [1.29, 1.82) is 0 Å². The maximum atomic E-state index is 11.3. The zero-order valence-electron chi connectivity index (χ0n) is 10.5. The van der Waals surface area contributed by atoms with E-state index in [0.29, 0.717) is 0 Å². The van der Waals surface area contributed by atoms with Gasteiger partial charge in [0.1, 0.15) is 0 Å². The van der Waals surface area contributed by atoms with E-state index >= 15 is 0 Å². The molecule has 1 unspecified atom stereocenters. The Morgan fingerprint density at radius 1 is 1.11 bits per heavy atom. The second-order valence-electron chi connectivity index (χ2n) is 4.88. The summed E-state index contributed by atoms with van der Waals surface area (Å²) < 4.78 is 5.82. The van der Waals surface area contributed by atoms with Gasteiger partial charge in [-0.3, -0.25) is 0 Å². The molecule has 0 bridgehead atoms. The van der Waals surface area contributed by atoms with Gasteiger partial charge in [-0.25, -0.2) is 4.79 Å². The zero-order chi connectivity index (χ0) is 12.8. The van der Waals surface area contributed by atoms with Gasteiger partial charge in [-0.2, -0.15) is 0 Å². The quantitative estimate of drug-likeness (QED) is 0.829. The van der Waals surface area contributed by atoms with Crippen molar-refractivity contribution in [2.24, 2.45) is 0 Å². The number of carboxylic acid groups (broad SMARTS) is 1. The van der Waals surface area contributed by atoms with Crippen molar-refractivity contribution in [3.05, 3.63) is 35.9 Å². The molecule has 0 saturated heterocycles.